The lowest BCUT2D eigenvalue weighted by molar-refractivity contribution is 0.0997. The molecule has 0 spiro atoms. The smallest absolute Gasteiger partial charge is 0.252 e. The molecular weight excluding hydrogens is 249 g/mol. The highest BCUT2D eigenvalue weighted by molar-refractivity contribution is 5.95. The molecule has 2 aromatic carbocycles. The number of phenols is 1. The van der Waals surface area contributed by atoms with Gasteiger partial charge in [0.2, 0.25) is 0 Å². The van der Waals surface area contributed by atoms with Crippen LogP contribution in [-0.2, 0) is 0 Å². The molecule has 5 heteroatoms. The highest BCUT2D eigenvalue weighted by atomic mass is 19.1. The van der Waals surface area contributed by atoms with Crippen LogP contribution in [0.1, 0.15) is 15.9 Å². The Kier molecular flexibility index (Phi) is 3.37. The highest BCUT2D eigenvalue weighted by Crippen LogP contribution is 2.32. The van der Waals surface area contributed by atoms with Crippen molar-refractivity contribution in [1.29, 1.82) is 0 Å². The van der Waals surface area contributed by atoms with Crippen molar-refractivity contribution in [3.63, 3.8) is 0 Å². The van der Waals surface area contributed by atoms with E-state index in [4.69, 9.17) is 10.5 Å². The molecule has 1 amide bonds. The number of hydrogen-bond donors (Lipinski definition) is 2. The van der Waals surface area contributed by atoms with Crippen LogP contribution >= 0.6 is 0 Å². The molecule has 98 valence electrons. The largest absolute Gasteiger partial charge is 0.508 e. The molecule has 0 aliphatic rings. The number of phenolic OH excluding ortho intramolecular Hbond substituents is 1. The minimum atomic E-state index is -0.785. The number of rotatable bonds is 3. The molecule has 2 rings (SSSR count). The van der Waals surface area contributed by atoms with Gasteiger partial charge in [0, 0.05) is 5.56 Å². The third kappa shape index (κ3) is 2.65. The molecule has 0 aliphatic heterocycles. The van der Waals surface area contributed by atoms with Crippen molar-refractivity contribution < 1.29 is 19.0 Å². The fourth-order valence-corrected chi connectivity index (χ4v) is 1.62. The molecule has 0 atom stereocenters. The molecule has 0 heterocycles. The van der Waals surface area contributed by atoms with Crippen LogP contribution in [0.15, 0.2) is 36.4 Å². The summed E-state index contributed by atoms with van der Waals surface area (Å²) in [5, 5.41) is 9.57. The summed E-state index contributed by atoms with van der Waals surface area (Å²) in [5.41, 5.74) is 5.63. The first-order valence-electron chi connectivity index (χ1n) is 5.55. The summed E-state index contributed by atoms with van der Waals surface area (Å²) in [4.78, 5) is 11.2. The number of carbonyl (C=O) groups excluding carboxylic acids is 1. The highest BCUT2D eigenvalue weighted by Gasteiger charge is 2.13. The van der Waals surface area contributed by atoms with Crippen LogP contribution in [0.3, 0.4) is 0 Å². The molecule has 0 unspecified atom stereocenters. The zero-order chi connectivity index (χ0) is 14.0. The lowest BCUT2D eigenvalue weighted by Crippen LogP contribution is -2.12. The average Bonchev–Trinajstić information content (AvgIpc) is 2.36. The standard InChI is InChI=1S/C14H12FNO3/c1-8-11(17)3-2-4-12(8)19-13-6-5-9(15)7-10(13)14(16)18/h2-7,17H,1H3,(H2,16,18). The molecule has 2 aromatic rings. The van der Waals surface area contributed by atoms with Gasteiger partial charge in [0.25, 0.3) is 5.91 Å². The molecule has 0 saturated heterocycles. The van der Waals surface area contributed by atoms with E-state index in [2.05, 4.69) is 0 Å². The maximum atomic E-state index is 13.1. The minimum Gasteiger partial charge on any atom is -0.508 e. The Morgan fingerprint density at radius 2 is 2.00 bits per heavy atom. The van der Waals surface area contributed by atoms with Crippen molar-refractivity contribution in [2.24, 2.45) is 5.73 Å². The number of carbonyl (C=O) groups is 1. The number of nitrogens with two attached hydrogens (primary N) is 1. The minimum absolute atomic E-state index is 0.0530. The van der Waals surface area contributed by atoms with E-state index in [0.29, 0.717) is 11.3 Å². The number of ether oxygens (including phenoxy) is 1. The van der Waals surface area contributed by atoms with Gasteiger partial charge in [-0.3, -0.25) is 4.79 Å². The number of amides is 1. The normalized spacial score (nSPS) is 10.2. The van der Waals surface area contributed by atoms with Gasteiger partial charge in [0.05, 0.1) is 5.56 Å². The number of benzene rings is 2. The van der Waals surface area contributed by atoms with E-state index in [0.717, 1.165) is 6.07 Å². The summed E-state index contributed by atoms with van der Waals surface area (Å²) in [7, 11) is 0. The van der Waals surface area contributed by atoms with Gasteiger partial charge in [-0.05, 0) is 37.3 Å². The maximum Gasteiger partial charge on any atom is 0.252 e. The molecule has 0 fully saturated rings. The van der Waals surface area contributed by atoms with E-state index < -0.39 is 11.7 Å². The van der Waals surface area contributed by atoms with Gasteiger partial charge in [0.1, 0.15) is 23.1 Å². The molecule has 0 radical (unpaired) electrons. The Labute approximate surface area is 109 Å². The average molecular weight is 261 g/mol. The van der Waals surface area contributed by atoms with Crippen LogP contribution in [0.4, 0.5) is 4.39 Å². The molecule has 0 saturated carbocycles. The third-order valence-electron chi connectivity index (χ3n) is 2.68. The third-order valence-corrected chi connectivity index (χ3v) is 2.68. The predicted octanol–water partition coefficient (Wildman–Crippen LogP) is 2.73. The Morgan fingerprint density at radius 3 is 2.68 bits per heavy atom. The zero-order valence-electron chi connectivity index (χ0n) is 10.2. The number of aromatic hydroxyl groups is 1. The molecule has 0 aliphatic carbocycles. The van der Waals surface area contributed by atoms with Crippen molar-refractivity contribution in [1.82, 2.24) is 0 Å². The summed E-state index contributed by atoms with van der Waals surface area (Å²) < 4.78 is 18.6. The van der Waals surface area contributed by atoms with Crippen molar-refractivity contribution in [3.8, 4) is 17.2 Å². The van der Waals surface area contributed by atoms with Crippen molar-refractivity contribution >= 4 is 5.91 Å². The summed E-state index contributed by atoms with van der Waals surface area (Å²) in [6, 6.07) is 8.24. The van der Waals surface area contributed by atoms with E-state index in [1.807, 2.05) is 0 Å². The quantitative estimate of drug-likeness (QED) is 0.892. The van der Waals surface area contributed by atoms with E-state index in [1.165, 1.54) is 18.2 Å². The van der Waals surface area contributed by atoms with Gasteiger partial charge in [-0.2, -0.15) is 0 Å². The topological polar surface area (TPSA) is 72.6 Å². The van der Waals surface area contributed by atoms with Gasteiger partial charge < -0.3 is 15.6 Å². The number of halogens is 1. The van der Waals surface area contributed by atoms with E-state index in [-0.39, 0.29) is 17.1 Å². The molecular formula is C14H12FNO3. The first-order chi connectivity index (χ1) is 8.99. The maximum absolute atomic E-state index is 13.1. The second-order valence-electron chi connectivity index (χ2n) is 4.01. The van der Waals surface area contributed by atoms with Crippen LogP contribution in [0.2, 0.25) is 0 Å². The summed E-state index contributed by atoms with van der Waals surface area (Å²) in [5.74, 6) is -0.780. The Bertz CT molecular complexity index is 641. The van der Waals surface area contributed by atoms with Crippen molar-refractivity contribution in [2.75, 3.05) is 0 Å². The summed E-state index contributed by atoms with van der Waals surface area (Å²) in [6.45, 7) is 1.66. The lowest BCUT2D eigenvalue weighted by Gasteiger charge is -2.12. The van der Waals surface area contributed by atoms with Gasteiger partial charge >= 0.3 is 0 Å². The van der Waals surface area contributed by atoms with Crippen LogP contribution in [-0.4, -0.2) is 11.0 Å². The zero-order valence-corrected chi connectivity index (χ0v) is 10.2. The monoisotopic (exact) mass is 261 g/mol. The lowest BCUT2D eigenvalue weighted by atomic mass is 10.1. The van der Waals surface area contributed by atoms with Crippen LogP contribution in [0.5, 0.6) is 17.2 Å². The van der Waals surface area contributed by atoms with Gasteiger partial charge in [-0.15, -0.1) is 0 Å². The number of primary amides is 1. The van der Waals surface area contributed by atoms with E-state index in [9.17, 15) is 14.3 Å². The first-order valence-corrected chi connectivity index (χ1v) is 5.55. The van der Waals surface area contributed by atoms with Gasteiger partial charge in [-0.1, -0.05) is 6.07 Å². The Hall–Kier alpha value is -2.56. The van der Waals surface area contributed by atoms with Crippen molar-refractivity contribution in [3.05, 3.63) is 53.3 Å². The second kappa shape index (κ2) is 4.97. The molecule has 19 heavy (non-hydrogen) atoms. The summed E-state index contributed by atoms with van der Waals surface area (Å²) >= 11 is 0. The first kappa shape index (κ1) is 12.9. The molecule has 4 nitrogen and oxygen atoms in total. The SMILES string of the molecule is Cc1c(O)cccc1Oc1ccc(F)cc1C(N)=O. The molecule has 0 bridgehead atoms. The number of hydrogen-bond acceptors (Lipinski definition) is 3. The van der Waals surface area contributed by atoms with E-state index in [1.54, 1.807) is 19.1 Å². The summed E-state index contributed by atoms with van der Waals surface area (Å²) in [6.07, 6.45) is 0. The van der Waals surface area contributed by atoms with Crippen LogP contribution < -0.4 is 10.5 Å². The molecule has 0 aromatic heterocycles. The second-order valence-corrected chi connectivity index (χ2v) is 4.01. The fraction of sp³-hybridized carbons (Fsp3) is 0.0714. The van der Waals surface area contributed by atoms with Crippen LogP contribution in [0.25, 0.3) is 0 Å². The van der Waals surface area contributed by atoms with Gasteiger partial charge in [0.15, 0.2) is 0 Å². The fourth-order valence-electron chi connectivity index (χ4n) is 1.62. The Balaban J connectivity index is 2.44. The Morgan fingerprint density at radius 1 is 1.26 bits per heavy atom. The van der Waals surface area contributed by atoms with Gasteiger partial charge in [-0.25, -0.2) is 4.39 Å². The molecule has 3 N–H and O–H groups in total. The van der Waals surface area contributed by atoms with E-state index >= 15 is 0 Å². The van der Waals surface area contributed by atoms with Crippen LogP contribution in [0, 0.1) is 12.7 Å². The van der Waals surface area contributed by atoms with Crippen molar-refractivity contribution in [2.45, 2.75) is 6.92 Å². The predicted molar refractivity (Wildman–Crippen MR) is 67.8 cm³/mol.